The number of hydrogen-bond donors (Lipinski definition) is 0. The monoisotopic (exact) mass is 300 g/mol. The van der Waals surface area contributed by atoms with Crippen LogP contribution in [0.15, 0.2) is 46.9 Å². The highest BCUT2D eigenvalue weighted by atomic mass is 19.1. The number of ether oxygens (including phenoxy) is 2. The Bertz CT molecular complexity index is 784. The van der Waals surface area contributed by atoms with Crippen LogP contribution in [-0.4, -0.2) is 24.4 Å². The molecule has 0 unspecified atom stereocenters. The normalized spacial score (nSPS) is 10.5. The summed E-state index contributed by atoms with van der Waals surface area (Å²) in [4.78, 5) is 0. The lowest BCUT2D eigenvalue weighted by molar-refractivity contribution is 0.394. The highest BCUT2D eigenvalue weighted by molar-refractivity contribution is 5.65. The van der Waals surface area contributed by atoms with Crippen molar-refractivity contribution in [3.05, 3.63) is 48.3 Å². The number of hydrogen-bond acceptors (Lipinski definition) is 5. The van der Waals surface area contributed by atoms with Gasteiger partial charge >= 0.3 is 0 Å². The summed E-state index contributed by atoms with van der Waals surface area (Å²) in [6, 6.07) is 11.1. The number of aromatic nitrogens is 2. The predicted molar refractivity (Wildman–Crippen MR) is 78.2 cm³/mol. The zero-order valence-corrected chi connectivity index (χ0v) is 12.0. The van der Waals surface area contributed by atoms with Crippen molar-refractivity contribution < 1.29 is 18.3 Å². The molecule has 0 atom stereocenters. The van der Waals surface area contributed by atoms with Crippen molar-refractivity contribution in [1.82, 2.24) is 10.2 Å². The Morgan fingerprint density at radius 2 is 1.64 bits per heavy atom. The van der Waals surface area contributed by atoms with Crippen LogP contribution in [0, 0.1) is 5.82 Å². The fraction of sp³-hybridized carbons (Fsp3) is 0.125. The molecule has 0 saturated heterocycles. The quantitative estimate of drug-likeness (QED) is 0.737. The first-order chi connectivity index (χ1) is 10.7. The fourth-order valence-electron chi connectivity index (χ4n) is 2.02. The average Bonchev–Trinajstić information content (AvgIpc) is 3.04. The Labute approximate surface area is 126 Å². The zero-order valence-electron chi connectivity index (χ0n) is 12.0. The van der Waals surface area contributed by atoms with E-state index in [0.29, 0.717) is 34.4 Å². The van der Waals surface area contributed by atoms with Crippen molar-refractivity contribution >= 4 is 0 Å². The van der Waals surface area contributed by atoms with E-state index in [0.717, 1.165) is 0 Å². The molecular formula is C16H13FN2O3. The van der Waals surface area contributed by atoms with Crippen LogP contribution in [0.1, 0.15) is 0 Å². The molecule has 0 N–H and O–H groups in total. The molecule has 0 radical (unpaired) electrons. The Morgan fingerprint density at radius 1 is 0.909 bits per heavy atom. The van der Waals surface area contributed by atoms with E-state index >= 15 is 0 Å². The summed E-state index contributed by atoms with van der Waals surface area (Å²) < 4.78 is 29.1. The highest BCUT2D eigenvalue weighted by Crippen LogP contribution is 2.33. The SMILES string of the molecule is COc1ccc(-c2nnc(-c3ccc(F)cc3)o2)c(OC)c1. The van der Waals surface area contributed by atoms with Gasteiger partial charge in [0.25, 0.3) is 5.89 Å². The van der Waals surface area contributed by atoms with Gasteiger partial charge in [0.05, 0.1) is 19.8 Å². The molecule has 0 aliphatic rings. The fourth-order valence-corrected chi connectivity index (χ4v) is 2.02. The number of benzene rings is 2. The maximum absolute atomic E-state index is 12.9. The summed E-state index contributed by atoms with van der Waals surface area (Å²) in [5.41, 5.74) is 1.30. The molecule has 3 aromatic rings. The molecule has 0 aliphatic carbocycles. The number of rotatable bonds is 4. The summed E-state index contributed by atoms with van der Waals surface area (Å²) in [5.74, 6) is 1.54. The van der Waals surface area contributed by atoms with Gasteiger partial charge < -0.3 is 13.9 Å². The van der Waals surface area contributed by atoms with E-state index in [1.165, 1.54) is 12.1 Å². The minimum atomic E-state index is -0.319. The van der Waals surface area contributed by atoms with Crippen LogP contribution in [0.4, 0.5) is 4.39 Å². The summed E-state index contributed by atoms with van der Waals surface area (Å²) in [7, 11) is 3.13. The van der Waals surface area contributed by atoms with Crippen molar-refractivity contribution in [2.24, 2.45) is 0 Å². The van der Waals surface area contributed by atoms with Gasteiger partial charge in [-0.15, -0.1) is 10.2 Å². The summed E-state index contributed by atoms with van der Waals surface area (Å²) in [6.07, 6.45) is 0. The highest BCUT2D eigenvalue weighted by Gasteiger charge is 2.15. The van der Waals surface area contributed by atoms with Gasteiger partial charge in [-0.2, -0.15) is 0 Å². The first-order valence-electron chi connectivity index (χ1n) is 6.53. The standard InChI is InChI=1S/C16H13FN2O3/c1-20-12-7-8-13(14(9-12)21-2)16-19-18-15(22-16)10-3-5-11(17)6-4-10/h3-9H,1-2H3. The lowest BCUT2D eigenvalue weighted by atomic mass is 10.2. The molecule has 0 amide bonds. The third-order valence-corrected chi connectivity index (χ3v) is 3.16. The smallest absolute Gasteiger partial charge is 0.251 e. The second-order valence-corrected chi connectivity index (χ2v) is 4.49. The van der Waals surface area contributed by atoms with Gasteiger partial charge in [-0.25, -0.2) is 4.39 Å². The molecule has 0 fully saturated rings. The lowest BCUT2D eigenvalue weighted by Gasteiger charge is -2.07. The maximum Gasteiger partial charge on any atom is 0.251 e. The summed E-state index contributed by atoms with van der Waals surface area (Å²) >= 11 is 0. The third kappa shape index (κ3) is 2.63. The number of halogens is 1. The topological polar surface area (TPSA) is 57.4 Å². The molecule has 6 heteroatoms. The van der Waals surface area contributed by atoms with E-state index in [4.69, 9.17) is 13.9 Å². The lowest BCUT2D eigenvalue weighted by Crippen LogP contribution is -1.90. The molecule has 0 spiro atoms. The minimum absolute atomic E-state index is 0.313. The first kappa shape index (κ1) is 14.1. The number of methoxy groups -OCH3 is 2. The van der Waals surface area contributed by atoms with Crippen molar-refractivity contribution in [1.29, 1.82) is 0 Å². The van der Waals surface area contributed by atoms with E-state index in [9.17, 15) is 4.39 Å². The maximum atomic E-state index is 12.9. The Balaban J connectivity index is 1.98. The largest absolute Gasteiger partial charge is 0.497 e. The molecule has 2 aromatic carbocycles. The second kappa shape index (κ2) is 5.85. The van der Waals surface area contributed by atoms with E-state index in [2.05, 4.69) is 10.2 Å². The van der Waals surface area contributed by atoms with Gasteiger partial charge in [-0.05, 0) is 36.4 Å². The van der Waals surface area contributed by atoms with Crippen molar-refractivity contribution in [2.75, 3.05) is 14.2 Å². The van der Waals surface area contributed by atoms with E-state index in [-0.39, 0.29) is 5.82 Å². The summed E-state index contributed by atoms with van der Waals surface area (Å²) in [5, 5.41) is 8.00. The van der Waals surface area contributed by atoms with Crippen molar-refractivity contribution in [3.63, 3.8) is 0 Å². The molecule has 1 heterocycles. The van der Waals surface area contributed by atoms with Crippen molar-refractivity contribution in [2.45, 2.75) is 0 Å². The Morgan fingerprint density at radius 3 is 2.32 bits per heavy atom. The number of nitrogens with zero attached hydrogens (tertiary/aromatic N) is 2. The zero-order chi connectivity index (χ0) is 15.5. The molecule has 22 heavy (non-hydrogen) atoms. The van der Waals surface area contributed by atoms with Gasteiger partial charge in [-0.1, -0.05) is 0 Å². The van der Waals surface area contributed by atoms with Gasteiger partial charge in [0, 0.05) is 11.6 Å². The third-order valence-electron chi connectivity index (χ3n) is 3.16. The van der Waals surface area contributed by atoms with Gasteiger partial charge in [0.15, 0.2) is 0 Å². The van der Waals surface area contributed by atoms with Crippen molar-refractivity contribution in [3.8, 4) is 34.4 Å². The Hall–Kier alpha value is -2.89. The Kier molecular flexibility index (Phi) is 3.74. The summed E-state index contributed by atoms with van der Waals surface area (Å²) in [6.45, 7) is 0. The first-order valence-corrected chi connectivity index (χ1v) is 6.53. The molecule has 0 saturated carbocycles. The molecule has 5 nitrogen and oxygen atoms in total. The van der Waals surface area contributed by atoms with Crippen LogP contribution < -0.4 is 9.47 Å². The van der Waals surface area contributed by atoms with Gasteiger partial charge in [0.2, 0.25) is 5.89 Å². The van der Waals surface area contributed by atoms with E-state index in [1.807, 2.05) is 0 Å². The van der Waals surface area contributed by atoms with Gasteiger partial charge in [0.1, 0.15) is 17.3 Å². The molecule has 0 bridgehead atoms. The second-order valence-electron chi connectivity index (χ2n) is 4.49. The van der Waals surface area contributed by atoms with E-state index in [1.54, 1.807) is 44.6 Å². The molecule has 1 aromatic heterocycles. The van der Waals surface area contributed by atoms with Crippen LogP contribution in [0.5, 0.6) is 11.5 Å². The van der Waals surface area contributed by atoms with Crippen LogP contribution in [0.2, 0.25) is 0 Å². The average molecular weight is 300 g/mol. The molecule has 3 rings (SSSR count). The molecular weight excluding hydrogens is 287 g/mol. The van der Waals surface area contributed by atoms with Gasteiger partial charge in [-0.3, -0.25) is 0 Å². The van der Waals surface area contributed by atoms with Crippen LogP contribution in [0.3, 0.4) is 0 Å². The predicted octanol–water partition coefficient (Wildman–Crippen LogP) is 3.56. The van der Waals surface area contributed by atoms with Crippen LogP contribution in [0.25, 0.3) is 22.9 Å². The molecule has 0 aliphatic heterocycles. The minimum Gasteiger partial charge on any atom is -0.497 e. The molecule has 112 valence electrons. The van der Waals surface area contributed by atoms with Crippen LogP contribution in [-0.2, 0) is 0 Å². The van der Waals surface area contributed by atoms with E-state index < -0.39 is 0 Å². The van der Waals surface area contributed by atoms with Crippen LogP contribution >= 0.6 is 0 Å².